The summed E-state index contributed by atoms with van der Waals surface area (Å²) >= 11 is 0. The number of para-hydroxylation sites is 1. The first-order valence-electron chi connectivity index (χ1n) is 7.90. The van der Waals surface area contributed by atoms with E-state index in [-0.39, 0.29) is 0 Å². The summed E-state index contributed by atoms with van der Waals surface area (Å²) in [5, 5.41) is 3.42. The van der Waals surface area contributed by atoms with Gasteiger partial charge in [0, 0.05) is 11.3 Å². The number of hydrogen-bond acceptors (Lipinski definition) is 1. The highest BCUT2D eigenvalue weighted by atomic mass is 15.0. The lowest BCUT2D eigenvalue weighted by molar-refractivity contribution is 1.14. The van der Waals surface area contributed by atoms with E-state index < -0.39 is 0 Å². The number of hydrogen-bond donors (Lipinski definition) is 1. The molecule has 0 saturated carbocycles. The molecule has 3 aromatic carbocycles. The maximum absolute atomic E-state index is 4.81. The highest BCUT2D eigenvalue weighted by Crippen LogP contribution is 2.17. The Morgan fingerprint density at radius 2 is 1.39 bits per heavy atom. The minimum Gasteiger partial charge on any atom is -0.340 e. The maximum atomic E-state index is 4.81. The van der Waals surface area contributed by atoms with Gasteiger partial charge in [-0.2, -0.15) is 0 Å². The monoisotopic (exact) mass is 300 g/mol. The topological polar surface area (TPSA) is 24.4 Å². The summed E-state index contributed by atoms with van der Waals surface area (Å²) in [7, 11) is 0. The zero-order valence-electron chi connectivity index (χ0n) is 13.2. The van der Waals surface area contributed by atoms with Crippen molar-refractivity contribution < 1.29 is 0 Å². The van der Waals surface area contributed by atoms with E-state index in [1.54, 1.807) is 0 Å². The number of anilines is 1. The number of nitrogens with zero attached hydrogens (tertiary/aromatic N) is 1. The Morgan fingerprint density at radius 3 is 2.00 bits per heavy atom. The van der Waals surface area contributed by atoms with Crippen LogP contribution in [0, 0.1) is 0 Å². The van der Waals surface area contributed by atoms with Gasteiger partial charge in [-0.15, -0.1) is 0 Å². The molecule has 0 aliphatic rings. The Morgan fingerprint density at radius 1 is 0.783 bits per heavy atom. The van der Waals surface area contributed by atoms with E-state index in [4.69, 9.17) is 4.99 Å². The van der Waals surface area contributed by atoms with Crippen molar-refractivity contribution >= 4 is 17.2 Å². The van der Waals surface area contributed by atoms with Crippen LogP contribution in [-0.4, -0.2) is 5.84 Å². The molecular weight excluding hydrogens is 280 g/mol. The molecule has 0 bridgehead atoms. The van der Waals surface area contributed by atoms with Gasteiger partial charge in [-0.05, 0) is 36.2 Å². The van der Waals surface area contributed by atoms with Gasteiger partial charge in [0.2, 0.25) is 0 Å². The van der Waals surface area contributed by atoms with Gasteiger partial charge < -0.3 is 5.32 Å². The number of aliphatic imine (C=N–C) groups is 1. The number of benzene rings is 3. The van der Waals surface area contributed by atoms with Gasteiger partial charge in [-0.3, -0.25) is 0 Å². The normalized spacial score (nSPS) is 11.3. The van der Waals surface area contributed by atoms with Crippen LogP contribution in [0.2, 0.25) is 0 Å². The van der Waals surface area contributed by atoms with Crippen molar-refractivity contribution in [1.82, 2.24) is 0 Å². The van der Waals surface area contributed by atoms with Crippen molar-refractivity contribution in [2.45, 2.75) is 13.3 Å². The Labute approximate surface area is 137 Å². The van der Waals surface area contributed by atoms with Crippen LogP contribution in [0.1, 0.15) is 18.1 Å². The zero-order chi connectivity index (χ0) is 15.9. The van der Waals surface area contributed by atoms with Gasteiger partial charge in [0.25, 0.3) is 0 Å². The third kappa shape index (κ3) is 4.07. The molecule has 3 rings (SSSR count). The maximum Gasteiger partial charge on any atom is 0.138 e. The molecule has 0 fully saturated rings. The average molecular weight is 300 g/mol. The second-order valence-corrected chi connectivity index (χ2v) is 5.34. The summed E-state index contributed by atoms with van der Waals surface area (Å²) in [6, 6.07) is 28.7. The van der Waals surface area contributed by atoms with Gasteiger partial charge in [0.05, 0.1) is 5.69 Å². The molecule has 0 heterocycles. The molecule has 1 N–H and O–H groups in total. The van der Waals surface area contributed by atoms with Crippen LogP contribution in [0.25, 0.3) is 0 Å². The van der Waals surface area contributed by atoms with Crippen LogP contribution in [0.15, 0.2) is 89.9 Å². The summed E-state index contributed by atoms with van der Waals surface area (Å²) in [6.45, 7) is 2.16. The first-order valence-corrected chi connectivity index (χ1v) is 7.90. The molecule has 0 spiro atoms. The lowest BCUT2D eigenvalue weighted by Crippen LogP contribution is -2.13. The third-order valence-electron chi connectivity index (χ3n) is 3.67. The van der Waals surface area contributed by atoms with Crippen LogP contribution in [0.4, 0.5) is 11.4 Å². The number of nitrogens with one attached hydrogen (secondary N) is 1. The molecule has 0 radical (unpaired) electrons. The van der Waals surface area contributed by atoms with E-state index in [0.29, 0.717) is 0 Å². The van der Waals surface area contributed by atoms with Gasteiger partial charge in [-0.1, -0.05) is 67.6 Å². The van der Waals surface area contributed by atoms with E-state index in [0.717, 1.165) is 29.2 Å². The largest absolute Gasteiger partial charge is 0.340 e. The van der Waals surface area contributed by atoms with Gasteiger partial charge in [0.15, 0.2) is 0 Å². The molecule has 0 saturated heterocycles. The third-order valence-corrected chi connectivity index (χ3v) is 3.67. The molecule has 2 nitrogen and oxygen atoms in total. The van der Waals surface area contributed by atoms with Crippen molar-refractivity contribution in [2.75, 3.05) is 5.32 Å². The van der Waals surface area contributed by atoms with Gasteiger partial charge in [0.1, 0.15) is 5.84 Å². The highest BCUT2D eigenvalue weighted by Gasteiger charge is 2.04. The standard InChI is InChI=1S/C21H20N2/c1-2-17-13-15-20(16-14-17)23-21(18-9-5-3-6-10-18)22-19-11-7-4-8-12-19/h3-16H,2H2,1H3,(H,22,23). The summed E-state index contributed by atoms with van der Waals surface area (Å²) < 4.78 is 0. The molecule has 0 amide bonds. The Bertz CT molecular complexity index is 760. The second-order valence-electron chi connectivity index (χ2n) is 5.34. The molecule has 0 atom stereocenters. The summed E-state index contributed by atoms with van der Waals surface area (Å²) in [4.78, 5) is 4.81. The highest BCUT2D eigenvalue weighted by molar-refractivity contribution is 6.09. The average Bonchev–Trinajstić information content (AvgIpc) is 2.63. The van der Waals surface area contributed by atoms with Crippen molar-refractivity contribution in [3.8, 4) is 0 Å². The van der Waals surface area contributed by atoms with Crippen LogP contribution >= 0.6 is 0 Å². The molecular formula is C21H20N2. The van der Waals surface area contributed by atoms with Crippen LogP contribution in [0.5, 0.6) is 0 Å². The quantitative estimate of drug-likeness (QED) is 0.503. The number of amidine groups is 1. The Hall–Kier alpha value is -2.87. The fourth-order valence-corrected chi connectivity index (χ4v) is 2.35. The molecule has 0 aliphatic heterocycles. The molecule has 23 heavy (non-hydrogen) atoms. The van der Waals surface area contributed by atoms with Crippen LogP contribution < -0.4 is 5.32 Å². The second kappa shape index (κ2) is 7.41. The first kappa shape index (κ1) is 15.0. The molecule has 3 aromatic rings. The summed E-state index contributed by atoms with van der Waals surface area (Å²) in [6.07, 6.45) is 1.04. The van der Waals surface area contributed by atoms with Crippen LogP contribution in [-0.2, 0) is 6.42 Å². The first-order chi connectivity index (χ1) is 11.3. The molecule has 114 valence electrons. The summed E-state index contributed by atoms with van der Waals surface area (Å²) in [5.41, 5.74) is 4.36. The molecule has 2 heteroatoms. The number of rotatable bonds is 4. The Kier molecular flexibility index (Phi) is 4.85. The van der Waals surface area contributed by atoms with E-state index >= 15 is 0 Å². The van der Waals surface area contributed by atoms with Crippen LogP contribution in [0.3, 0.4) is 0 Å². The molecule has 0 aromatic heterocycles. The lowest BCUT2D eigenvalue weighted by Gasteiger charge is -2.10. The SMILES string of the molecule is CCc1ccc(N=C(Nc2ccccc2)c2ccccc2)cc1. The van der Waals surface area contributed by atoms with Gasteiger partial charge >= 0.3 is 0 Å². The van der Waals surface area contributed by atoms with Crippen molar-refractivity contribution in [1.29, 1.82) is 0 Å². The van der Waals surface area contributed by atoms with E-state index in [1.807, 2.05) is 48.5 Å². The van der Waals surface area contributed by atoms with Crippen molar-refractivity contribution in [2.24, 2.45) is 4.99 Å². The predicted molar refractivity (Wildman–Crippen MR) is 98.5 cm³/mol. The summed E-state index contributed by atoms with van der Waals surface area (Å²) in [5.74, 6) is 0.848. The van der Waals surface area contributed by atoms with Gasteiger partial charge in [-0.25, -0.2) is 4.99 Å². The molecule has 0 aliphatic carbocycles. The minimum absolute atomic E-state index is 0.848. The predicted octanol–water partition coefficient (Wildman–Crippen LogP) is 5.44. The smallest absolute Gasteiger partial charge is 0.138 e. The van der Waals surface area contributed by atoms with E-state index in [1.165, 1.54) is 5.56 Å². The van der Waals surface area contributed by atoms with E-state index in [9.17, 15) is 0 Å². The minimum atomic E-state index is 0.848. The van der Waals surface area contributed by atoms with Crippen molar-refractivity contribution in [3.05, 3.63) is 96.1 Å². The lowest BCUT2D eigenvalue weighted by atomic mass is 10.1. The molecule has 0 unspecified atom stereocenters. The van der Waals surface area contributed by atoms with Crippen molar-refractivity contribution in [3.63, 3.8) is 0 Å². The Balaban J connectivity index is 1.95. The van der Waals surface area contributed by atoms with E-state index in [2.05, 4.69) is 48.6 Å². The zero-order valence-corrected chi connectivity index (χ0v) is 13.2. The fourth-order valence-electron chi connectivity index (χ4n) is 2.35. The fraction of sp³-hybridized carbons (Fsp3) is 0.0952. The number of aryl methyl sites for hydroxylation is 1.